The molecule has 0 bridgehead atoms. The van der Waals surface area contributed by atoms with Gasteiger partial charge in [0.25, 0.3) is 0 Å². The molecule has 0 aromatic rings. The monoisotopic (exact) mass is 463 g/mol. The number of halogens is 1. The molecule has 25 heavy (non-hydrogen) atoms. The largest absolute Gasteiger partial charge is 0.354 e. The molecule has 1 saturated carbocycles. The maximum absolute atomic E-state index is 4.60. The number of nitrogens with zero attached hydrogens (tertiary/aromatic N) is 4. The molecule has 0 aromatic heterocycles. The van der Waals surface area contributed by atoms with Crippen molar-refractivity contribution in [1.29, 1.82) is 0 Å². The summed E-state index contributed by atoms with van der Waals surface area (Å²) in [5.74, 6) is 1.11. The van der Waals surface area contributed by atoms with Crippen LogP contribution in [0.4, 0.5) is 0 Å². The smallest absolute Gasteiger partial charge is 0.193 e. The van der Waals surface area contributed by atoms with Crippen molar-refractivity contribution in [3.63, 3.8) is 0 Å². The molecule has 2 aliphatic heterocycles. The highest BCUT2D eigenvalue weighted by atomic mass is 127. The van der Waals surface area contributed by atoms with E-state index in [4.69, 9.17) is 0 Å². The Hall–Kier alpha value is -0.0800. The summed E-state index contributed by atoms with van der Waals surface area (Å²) < 4.78 is 0. The van der Waals surface area contributed by atoms with E-state index in [0.29, 0.717) is 5.54 Å². The van der Waals surface area contributed by atoms with Gasteiger partial charge in [0.2, 0.25) is 0 Å². The van der Waals surface area contributed by atoms with Crippen molar-refractivity contribution in [3.8, 4) is 0 Å². The molecule has 2 heterocycles. The lowest BCUT2D eigenvalue weighted by Crippen LogP contribution is -2.53. The normalized spacial score (nSPS) is 27.6. The van der Waals surface area contributed by atoms with Gasteiger partial charge in [-0.15, -0.1) is 24.0 Å². The summed E-state index contributed by atoms with van der Waals surface area (Å²) in [6.07, 6.45) is 10.8. The van der Waals surface area contributed by atoms with Gasteiger partial charge in [-0.05, 0) is 59.3 Å². The number of piperidine rings is 1. The van der Waals surface area contributed by atoms with Crippen LogP contribution in [0.3, 0.4) is 0 Å². The molecule has 5 nitrogen and oxygen atoms in total. The lowest BCUT2D eigenvalue weighted by Gasteiger charge is -2.38. The number of hydrogen-bond acceptors (Lipinski definition) is 3. The fourth-order valence-corrected chi connectivity index (χ4v) is 4.91. The van der Waals surface area contributed by atoms with E-state index in [2.05, 4.69) is 39.1 Å². The highest BCUT2D eigenvalue weighted by Crippen LogP contribution is 2.33. The van der Waals surface area contributed by atoms with Crippen molar-refractivity contribution < 1.29 is 0 Å². The Labute approximate surface area is 171 Å². The van der Waals surface area contributed by atoms with Gasteiger partial charge in [-0.25, -0.2) is 0 Å². The zero-order valence-corrected chi connectivity index (χ0v) is 18.8. The molecular formula is C19H38IN5. The molecule has 146 valence electrons. The molecule has 3 rings (SSSR count). The van der Waals surface area contributed by atoms with Gasteiger partial charge >= 0.3 is 0 Å². The lowest BCUT2D eigenvalue weighted by atomic mass is 9.96. The number of likely N-dealkylation sites (N-methyl/N-ethyl adjacent to an activating group) is 1. The molecule has 2 saturated heterocycles. The minimum atomic E-state index is 0. The second kappa shape index (κ2) is 9.74. The summed E-state index contributed by atoms with van der Waals surface area (Å²) in [4.78, 5) is 12.2. The fourth-order valence-electron chi connectivity index (χ4n) is 4.91. The summed E-state index contributed by atoms with van der Waals surface area (Å²) in [5.41, 5.74) is 0.321. The summed E-state index contributed by atoms with van der Waals surface area (Å²) >= 11 is 0. The van der Waals surface area contributed by atoms with Crippen LogP contribution in [0.25, 0.3) is 0 Å². The lowest BCUT2D eigenvalue weighted by molar-refractivity contribution is 0.158. The zero-order chi connectivity index (χ0) is 17.0. The first kappa shape index (κ1) is 21.2. The molecular weight excluding hydrogens is 425 g/mol. The third kappa shape index (κ3) is 5.01. The summed E-state index contributed by atoms with van der Waals surface area (Å²) in [7, 11) is 6.41. The number of aliphatic imine (C=N–C) groups is 1. The maximum atomic E-state index is 4.60. The first-order valence-electron chi connectivity index (χ1n) is 10.0. The van der Waals surface area contributed by atoms with Crippen LogP contribution in [-0.2, 0) is 0 Å². The van der Waals surface area contributed by atoms with E-state index in [1.165, 1.54) is 64.5 Å². The van der Waals surface area contributed by atoms with Crippen LogP contribution in [-0.4, -0.2) is 86.1 Å². The average Bonchev–Trinajstić information content (AvgIpc) is 3.27. The van der Waals surface area contributed by atoms with Gasteiger partial charge in [0.1, 0.15) is 0 Å². The van der Waals surface area contributed by atoms with Gasteiger partial charge in [0, 0.05) is 38.3 Å². The molecule has 3 fully saturated rings. The SMILES string of the molecule is CN=C(NCC1(N(C)C)CCCC1)N1CCC(N2CCCCC2)C1.I. The molecule has 0 aromatic carbocycles. The fraction of sp³-hybridized carbons (Fsp3) is 0.947. The maximum Gasteiger partial charge on any atom is 0.193 e. The van der Waals surface area contributed by atoms with E-state index in [-0.39, 0.29) is 24.0 Å². The van der Waals surface area contributed by atoms with E-state index in [0.717, 1.165) is 31.6 Å². The number of likely N-dealkylation sites (tertiary alicyclic amines) is 2. The van der Waals surface area contributed by atoms with Crippen LogP contribution in [0.2, 0.25) is 0 Å². The number of guanidine groups is 1. The Morgan fingerprint density at radius 2 is 1.76 bits per heavy atom. The third-order valence-electron chi connectivity index (χ3n) is 6.64. The van der Waals surface area contributed by atoms with E-state index in [1.54, 1.807) is 0 Å². The molecule has 1 aliphatic carbocycles. The summed E-state index contributed by atoms with van der Waals surface area (Å²) in [5, 5.41) is 3.71. The minimum Gasteiger partial charge on any atom is -0.354 e. The standard InChI is InChI=1S/C19H37N5.HI/c1-20-18(21-16-19(22(2)3)10-5-6-11-19)24-14-9-17(15-24)23-12-7-4-8-13-23;/h17H,4-16H2,1-3H3,(H,20,21);1H. The van der Waals surface area contributed by atoms with Crippen molar-refractivity contribution in [3.05, 3.63) is 0 Å². The average molecular weight is 463 g/mol. The molecule has 0 radical (unpaired) electrons. The highest BCUT2D eigenvalue weighted by Gasteiger charge is 2.37. The van der Waals surface area contributed by atoms with Crippen LogP contribution in [0.15, 0.2) is 4.99 Å². The van der Waals surface area contributed by atoms with E-state index < -0.39 is 0 Å². The van der Waals surface area contributed by atoms with Crippen LogP contribution in [0, 0.1) is 0 Å². The number of rotatable bonds is 4. The molecule has 0 amide bonds. The minimum absolute atomic E-state index is 0. The first-order valence-corrected chi connectivity index (χ1v) is 10.0. The highest BCUT2D eigenvalue weighted by molar-refractivity contribution is 14.0. The predicted molar refractivity (Wildman–Crippen MR) is 117 cm³/mol. The second-order valence-electron chi connectivity index (χ2n) is 8.21. The Balaban J connectivity index is 0.00000225. The van der Waals surface area contributed by atoms with Gasteiger partial charge in [0.15, 0.2) is 5.96 Å². The summed E-state index contributed by atoms with van der Waals surface area (Å²) in [6, 6.07) is 0.734. The van der Waals surface area contributed by atoms with Crippen LogP contribution in [0.5, 0.6) is 0 Å². The molecule has 0 spiro atoms. The quantitative estimate of drug-likeness (QED) is 0.395. The number of nitrogens with one attached hydrogen (secondary N) is 1. The van der Waals surface area contributed by atoms with Crippen molar-refractivity contribution in [1.82, 2.24) is 20.0 Å². The van der Waals surface area contributed by atoms with E-state index >= 15 is 0 Å². The first-order chi connectivity index (χ1) is 11.6. The van der Waals surface area contributed by atoms with Crippen molar-refractivity contribution in [2.24, 2.45) is 4.99 Å². The third-order valence-corrected chi connectivity index (χ3v) is 6.64. The van der Waals surface area contributed by atoms with Crippen LogP contribution >= 0.6 is 24.0 Å². The Kier molecular flexibility index (Phi) is 8.27. The van der Waals surface area contributed by atoms with Crippen molar-refractivity contribution in [2.45, 2.75) is 62.9 Å². The molecule has 1 unspecified atom stereocenters. The summed E-state index contributed by atoms with van der Waals surface area (Å²) in [6.45, 7) is 5.92. The van der Waals surface area contributed by atoms with Crippen molar-refractivity contribution >= 4 is 29.9 Å². The van der Waals surface area contributed by atoms with Gasteiger partial charge in [-0.3, -0.25) is 9.89 Å². The topological polar surface area (TPSA) is 34.1 Å². The molecule has 6 heteroatoms. The van der Waals surface area contributed by atoms with E-state index in [1.807, 2.05) is 7.05 Å². The van der Waals surface area contributed by atoms with Gasteiger partial charge < -0.3 is 15.1 Å². The Morgan fingerprint density at radius 1 is 1.08 bits per heavy atom. The van der Waals surface area contributed by atoms with Crippen molar-refractivity contribution in [2.75, 3.05) is 53.9 Å². The van der Waals surface area contributed by atoms with E-state index in [9.17, 15) is 0 Å². The predicted octanol–water partition coefficient (Wildman–Crippen LogP) is 2.61. The number of hydrogen-bond donors (Lipinski definition) is 1. The van der Waals surface area contributed by atoms with Crippen LogP contribution < -0.4 is 5.32 Å². The Bertz CT molecular complexity index is 428. The molecule has 3 aliphatic rings. The molecule has 1 atom stereocenters. The Morgan fingerprint density at radius 3 is 2.36 bits per heavy atom. The van der Waals surface area contributed by atoms with Crippen LogP contribution in [0.1, 0.15) is 51.4 Å². The van der Waals surface area contributed by atoms with Gasteiger partial charge in [-0.1, -0.05) is 19.3 Å². The van der Waals surface area contributed by atoms with Gasteiger partial charge in [-0.2, -0.15) is 0 Å². The zero-order valence-electron chi connectivity index (χ0n) is 16.5. The van der Waals surface area contributed by atoms with Gasteiger partial charge in [0.05, 0.1) is 0 Å². The second-order valence-corrected chi connectivity index (χ2v) is 8.21. The molecule has 1 N–H and O–H groups in total.